The minimum atomic E-state index is 0.722. The molecule has 2 rings (SSSR count). The van der Waals surface area contributed by atoms with Gasteiger partial charge in [0.05, 0.1) is 0 Å². The van der Waals surface area contributed by atoms with Gasteiger partial charge in [-0.1, -0.05) is 55.8 Å². The largest absolute Gasteiger partial charge is 0.298 e. The van der Waals surface area contributed by atoms with Gasteiger partial charge in [0.15, 0.2) is 0 Å². The summed E-state index contributed by atoms with van der Waals surface area (Å²) in [7, 11) is 0. The third-order valence-corrected chi connectivity index (χ3v) is 2.85. The first-order valence-electron chi connectivity index (χ1n) is 5.98. The smallest absolute Gasteiger partial charge is 0.150 e. The van der Waals surface area contributed by atoms with Crippen molar-refractivity contribution in [3.8, 4) is 11.1 Å². The average molecular weight is 224 g/mol. The first-order chi connectivity index (χ1) is 8.33. The number of aryl methyl sites for hydroxylation is 1. The van der Waals surface area contributed by atoms with Crippen LogP contribution in [-0.4, -0.2) is 6.29 Å². The second-order valence-corrected chi connectivity index (χ2v) is 4.19. The van der Waals surface area contributed by atoms with Crippen LogP contribution in [0, 0.1) is 0 Å². The van der Waals surface area contributed by atoms with Gasteiger partial charge in [0, 0.05) is 5.56 Å². The Morgan fingerprint density at radius 1 is 1.00 bits per heavy atom. The van der Waals surface area contributed by atoms with Gasteiger partial charge in [-0.2, -0.15) is 0 Å². The maximum atomic E-state index is 10.7. The van der Waals surface area contributed by atoms with Crippen LogP contribution in [0.25, 0.3) is 11.1 Å². The van der Waals surface area contributed by atoms with Crippen LogP contribution < -0.4 is 0 Å². The molecule has 0 atom stereocenters. The molecule has 0 N–H and O–H groups in total. The lowest BCUT2D eigenvalue weighted by molar-refractivity contribution is 0.112. The average Bonchev–Trinajstić information content (AvgIpc) is 2.40. The van der Waals surface area contributed by atoms with E-state index in [0.717, 1.165) is 29.4 Å². The summed E-state index contributed by atoms with van der Waals surface area (Å²) in [6, 6.07) is 16.2. The van der Waals surface area contributed by atoms with Gasteiger partial charge < -0.3 is 0 Å². The molecule has 0 aromatic heterocycles. The van der Waals surface area contributed by atoms with Crippen molar-refractivity contribution in [2.45, 2.75) is 19.8 Å². The normalized spacial score (nSPS) is 10.2. The molecular formula is C16H16O. The summed E-state index contributed by atoms with van der Waals surface area (Å²) in [5, 5.41) is 0. The van der Waals surface area contributed by atoms with Crippen molar-refractivity contribution in [2.24, 2.45) is 0 Å². The number of hydrogen-bond acceptors (Lipinski definition) is 1. The SMILES string of the molecule is CCCc1ccc(-c2cccc(C=O)c2)cc1. The molecule has 1 nitrogen and oxygen atoms in total. The summed E-state index contributed by atoms with van der Waals surface area (Å²) >= 11 is 0. The van der Waals surface area contributed by atoms with Gasteiger partial charge in [-0.05, 0) is 29.2 Å². The summed E-state index contributed by atoms with van der Waals surface area (Å²) in [6.07, 6.45) is 3.17. The minimum Gasteiger partial charge on any atom is -0.298 e. The second-order valence-electron chi connectivity index (χ2n) is 4.19. The van der Waals surface area contributed by atoms with Gasteiger partial charge in [0.25, 0.3) is 0 Å². The molecule has 2 aromatic carbocycles. The van der Waals surface area contributed by atoms with Crippen LogP contribution >= 0.6 is 0 Å². The second kappa shape index (κ2) is 5.44. The molecule has 0 aliphatic carbocycles. The summed E-state index contributed by atoms with van der Waals surface area (Å²) in [4.78, 5) is 10.7. The summed E-state index contributed by atoms with van der Waals surface area (Å²) in [5.74, 6) is 0. The van der Waals surface area contributed by atoms with E-state index >= 15 is 0 Å². The Labute approximate surface area is 102 Å². The molecule has 0 saturated carbocycles. The molecule has 86 valence electrons. The van der Waals surface area contributed by atoms with E-state index in [0.29, 0.717) is 0 Å². The van der Waals surface area contributed by atoms with E-state index in [1.807, 2.05) is 24.3 Å². The van der Waals surface area contributed by atoms with E-state index in [2.05, 4.69) is 31.2 Å². The van der Waals surface area contributed by atoms with Crippen molar-refractivity contribution >= 4 is 6.29 Å². The molecule has 0 spiro atoms. The molecule has 0 fully saturated rings. The summed E-state index contributed by atoms with van der Waals surface area (Å²) in [5.41, 5.74) is 4.34. The van der Waals surface area contributed by atoms with Gasteiger partial charge in [0.1, 0.15) is 6.29 Å². The topological polar surface area (TPSA) is 17.1 Å². The van der Waals surface area contributed by atoms with Crippen LogP contribution in [0.2, 0.25) is 0 Å². The molecule has 1 heteroatoms. The van der Waals surface area contributed by atoms with Crippen molar-refractivity contribution < 1.29 is 4.79 Å². The predicted octanol–water partition coefficient (Wildman–Crippen LogP) is 4.12. The Bertz CT molecular complexity index is 497. The molecule has 2 aromatic rings. The third-order valence-electron chi connectivity index (χ3n) is 2.85. The van der Waals surface area contributed by atoms with E-state index in [-0.39, 0.29) is 0 Å². The molecule has 0 aliphatic heterocycles. The highest BCUT2D eigenvalue weighted by Gasteiger charge is 1.99. The van der Waals surface area contributed by atoms with E-state index in [9.17, 15) is 4.79 Å². The van der Waals surface area contributed by atoms with Crippen molar-refractivity contribution in [1.29, 1.82) is 0 Å². The molecular weight excluding hydrogens is 208 g/mol. The minimum absolute atomic E-state index is 0.722. The predicted molar refractivity (Wildman–Crippen MR) is 71.3 cm³/mol. The van der Waals surface area contributed by atoms with Crippen molar-refractivity contribution in [3.63, 3.8) is 0 Å². The van der Waals surface area contributed by atoms with Crippen molar-refractivity contribution in [3.05, 3.63) is 59.7 Å². The van der Waals surface area contributed by atoms with Gasteiger partial charge in [-0.15, -0.1) is 0 Å². The lowest BCUT2D eigenvalue weighted by Crippen LogP contribution is -1.85. The Kier molecular flexibility index (Phi) is 3.71. The quantitative estimate of drug-likeness (QED) is 0.714. The highest BCUT2D eigenvalue weighted by Crippen LogP contribution is 2.20. The molecule has 17 heavy (non-hydrogen) atoms. The fourth-order valence-corrected chi connectivity index (χ4v) is 1.94. The standard InChI is InChI=1S/C16H16O/c1-2-4-13-7-9-15(10-8-13)16-6-3-5-14(11-16)12-17/h3,5-12H,2,4H2,1H3. The molecule has 0 saturated heterocycles. The lowest BCUT2D eigenvalue weighted by Gasteiger charge is -2.04. The first kappa shape index (κ1) is 11.6. The molecule has 0 bridgehead atoms. The van der Waals surface area contributed by atoms with Crippen LogP contribution in [0.5, 0.6) is 0 Å². The zero-order chi connectivity index (χ0) is 12.1. The number of hydrogen-bond donors (Lipinski definition) is 0. The number of carbonyl (C=O) groups is 1. The Hall–Kier alpha value is -1.89. The zero-order valence-electron chi connectivity index (χ0n) is 10.0. The number of benzene rings is 2. The number of aldehydes is 1. The van der Waals surface area contributed by atoms with E-state index in [4.69, 9.17) is 0 Å². The molecule has 0 radical (unpaired) electrons. The summed E-state index contributed by atoms with van der Waals surface area (Å²) in [6.45, 7) is 2.18. The Morgan fingerprint density at radius 2 is 1.76 bits per heavy atom. The maximum Gasteiger partial charge on any atom is 0.150 e. The van der Waals surface area contributed by atoms with E-state index in [1.165, 1.54) is 12.0 Å². The molecule has 0 amide bonds. The van der Waals surface area contributed by atoms with Crippen LogP contribution in [-0.2, 0) is 6.42 Å². The molecule has 0 unspecified atom stereocenters. The van der Waals surface area contributed by atoms with E-state index in [1.54, 1.807) is 0 Å². The van der Waals surface area contributed by atoms with Gasteiger partial charge in [-0.3, -0.25) is 4.79 Å². The highest BCUT2D eigenvalue weighted by atomic mass is 16.1. The Balaban J connectivity index is 2.29. The third kappa shape index (κ3) is 2.82. The van der Waals surface area contributed by atoms with Gasteiger partial charge in [0.2, 0.25) is 0 Å². The van der Waals surface area contributed by atoms with Crippen LogP contribution in [0.4, 0.5) is 0 Å². The van der Waals surface area contributed by atoms with Crippen LogP contribution in [0.15, 0.2) is 48.5 Å². The highest BCUT2D eigenvalue weighted by molar-refractivity contribution is 5.78. The fraction of sp³-hybridized carbons (Fsp3) is 0.188. The fourth-order valence-electron chi connectivity index (χ4n) is 1.94. The van der Waals surface area contributed by atoms with E-state index < -0.39 is 0 Å². The van der Waals surface area contributed by atoms with Gasteiger partial charge in [-0.25, -0.2) is 0 Å². The maximum absolute atomic E-state index is 10.7. The molecule has 0 aliphatic rings. The lowest BCUT2D eigenvalue weighted by atomic mass is 10.0. The van der Waals surface area contributed by atoms with Crippen molar-refractivity contribution in [1.82, 2.24) is 0 Å². The van der Waals surface area contributed by atoms with Crippen molar-refractivity contribution in [2.75, 3.05) is 0 Å². The number of rotatable bonds is 4. The monoisotopic (exact) mass is 224 g/mol. The zero-order valence-corrected chi connectivity index (χ0v) is 10.0. The van der Waals surface area contributed by atoms with Gasteiger partial charge >= 0.3 is 0 Å². The van der Waals surface area contributed by atoms with Crippen LogP contribution in [0.3, 0.4) is 0 Å². The molecule has 0 heterocycles. The number of carbonyl (C=O) groups excluding carboxylic acids is 1. The first-order valence-corrected chi connectivity index (χ1v) is 5.98. The Morgan fingerprint density at radius 3 is 2.41 bits per heavy atom. The summed E-state index contributed by atoms with van der Waals surface area (Å²) < 4.78 is 0. The van der Waals surface area contributed by atoms with Crippen LogP contribution in [0.1, 0.15) is 29.3 Å².